The first kappa shape index (κ1) is 12.7. The molecule has 0 nitrogen and oxygen atoms in total. The predicted molar refractivity (Wildman–Crippen MR) is 66.3 cm³/mol. The van der Waals surface area contributed by atoms with Crippen molar-refractivity contribution in [2.24, 2.45) is 0 Å². The van der Waals surface area contributed by atoms with Crippen LogP contribution in [0.3, 0.4) is 0 Å². The second kappa shape index (κ2) is 4.84. The molecule has 0 saturated carbocycles. The third-order valence-corrected chi connectivity index (χ3v) is 2.98. The van der Waals surface area contributed by atoms with Crippen molar-refractivity contribution in [3.05, 3.63) is 58.9 Å². The number of hydrogen-bond donors (Lipinski definition) is 0. The van der Waals surface area contributed by atoms with Crippen LogP contribution in [0.5, 0.6) is 0 Å². The Hall–Kier alpha value is -1.77. The Labute approximate surface area is 104 Å². The third kappa shape index (κ3) is 2.26. The van der Waals surface area contributed by atoms with Gasteiger partial charge in [0, 0.05) is 5.56 Å². The number of aryl methyl sites for hydroxylation is 2. The van der Waals surface area contributed by atoms with E-state index in [0.29, 0.717) is 5.56 Å². The molecule has 2 aromatic rings. The summed E-state index contributed by atoms with van der Waals surface area (Å²) in [7, 11) is 0. The van der Waals surface area contributed by atoms with Crippen molar-refractivity contribution in [1.82, 2.24) is 0 Å². The van der Waals surface area contributed by atoms with Crippen LogP contribution in [0, 0.1) is 19.7 Å². The Morgan fingerprint density at radius 2 is 1.50 bits per heavy atom. The van der Waals surface area contributed by atoms with Crippen molar-refractivity contribution in [3.8, 4) is 11.1 Å². The monoisotopic (exact) mass is 250 g/mol. The zero-order valence-corrected chi connectivity index (χ0v) is 10.2. The van der Waals surface area contributed by atoms with Crippen LogP contribution in [0.4, 0.5) is 13.2 Å². The van der Waals surface area contributed by atoms with Crippen molar-refractivity contribution >= 4 is 0 Å². The largest absolute Gasteiger partial charge is 0.266 e. The average Bonchev–Trinajstić information content (AvgIpc) is 2.30. The molecular weight excluding hydrogens is 237 g/mol. The molecule has 3 heteroatoms. The summed E-state index contributed by atoms with van der Waals surface area (Å²) in [4.78, 5) is 0. The van der Waals surface area contributed by atoms with Gasteiger partial charge in [-0.3, -0.25) is 0 Å². The Morgan fingerprint density at radius 1 is 0.889 bits per heavy atom. The Bertz CT molecular complexity index is 557. The molecule has 0 N–H and O–H groups in total. The summed E-state index contributed by atoms with van der Waals surface area (Å²) in [6, 6.07) is 10.2. The maximum absolute atomic E-state index is 14.1. The van der Waals surface area contributed by atoms with Gasteiger partial charge in [-0.25, -0.2) is 13.2 Å². The minimum atomic E-state index is -2.80. The van der Waals surface area contributed by atoms with E-state index in [9.17, 15) is 13.2 Å². The smallest absolute Gasteiger partial charge is 0.206 e. The molecule has 0 fully saturated rings. The molecule has 0 aliphatic carbocycles. The molecule has 18 heavy (non-hydrogen) atoms. The average molecular weight is 250 g/mol. The Kier molecular flexibility index (Phi) is 3.41. The van der Waals surface area contributed by atoms with Crippen molar-refractivity contribution in [2.75, 3.05) is 0 Å². The van der Waals surface area contributed by atoms with Gasteiger partial charge >= 0.3 is 0 Å². The molecule has 0 bridgehead atoms. The van der Waals surface area contributed by atoms with Crippen LogP contribution in [0.2, 0.25) is 0 Å². The first-order valence-electron chi connectivity index (χ1n) is 5.65. The molecule has 0 aliphatic rings. The number of benzene rings is 2. The van der Waals surface area contributed by atoms with Gasteiger partial charge in [0.05, 0.1) is 5.56 Å². The van der Waals surface area contributed by atoms with Gasteiger partial charge in [0.15, 0.2) is 0 Å². The summed E-state index contributed by atoms with van der Waals surface area (Å²) in [6.45, 7) is 3.41. The predicted octanol–water partition coefficient (Wildman–Crippen LogP) is 5.05. The highest BCUT2D eigenvalue weighted by molar-refractivity contribution is 5.66. The SMILES string of the molecule is Cc1ccc(-c2ccc(C)c(C(F)F)c2F)cc1. The van der Waals surface area contributed by atoms with Crippen molar-refractivity contribution < 1.29 is 13.2 Å². The first-order valence-corrected chi connectivity index (χ1v) is 5.65. The fourth-order valence-corrected chi connectivity index (χ4v) is 1.91. The molecule has 2 rings (SSSR count). The summed E-state index contributed by atoms with van der Waals surface area (Å²) >= 11 is 0. The molecule has 0 amide bonds. The topological polar surface area (TPSA) is 0 Å². The van der Waals surface area contributed by atoms with Gasteiger partial charge in [0.1, 0.15) is 5.82 Å². The lowest BCUT2D eigenvalue weighted by molar-refractivity contribution is 0.145. The summed E-state index contributed by atoms with van der Waals surface area (Å²) in [6.07, 6.45) is -2.80. The minimum absolute atomic E-state index is 0.218. The molecule has 0 aliphatic heterocycles. The number of hydrogen-bond acceptors (Lipinski definition) is 0. The van der Waals surface area contributed by atoms with Gasteiger partial charge in [-0.05, 0) is 25.0 Å². The standard InChI is InChI=1S/C15H13F3/c1-9-3-6-11(7-4-9)12-8-5-10(2)13(14(12)16)15(17)18/h3-8,15H,1-2H3. The summed E-state index contributed by atoms with van der Waals surface area (Å²) in [5.41, 5.74) is 1.64. The van der Waals surface area contributed by atoms with Crippen molar-refractivity contribution in [2.45, 2.75) is 20.3 Å². The van der Waals surface area contributed by atoms with Crippen molar-refractivity contribution in [1.29, 1.82) is 0 Å². The summed E-state index contributed by atoms with van der Waals surface area (Å²) in [5, 5.41) is 0. The van der Waals surface area contributed by atoms with E-state index in [1.165, 1.54) is 13.0 Å². The normalized spacial score (nSPS) is 11.0. The van der Waals surface area contributed by atoms with E-state index < -0.39 is 17.8 Å². The van der Waals surface area contributed by atoms with Crippen LogP contribution in [-0.2, 0) is 0 Å². The molecule has 0 radical (unpaired) electrons. The minimum Gasteiger partial charge on any atom is -0.206 e. The van der Waals surface area contributed by atoms with Gasteiger partial charge < -0.3 is 0 Å². The number of rotatable bonds is 2. The molecule has 0 atom stereocenters. The third-order valence-electron chi connectivity index (χ3n) is 2.98. The van der Waals surface area contributed by atoms with Gasteiger partial charge in [-0.15, -0.1) is 0 Å². The molecule has 94 valence electrons. The van der Waals surface area contributed by atoms with E-state index >= 15 is 0 Å². The summed E-state index contributed by atoms with van der Waals surface area (Å²) in [5.74, 6) is -0.825. The Morgan fingerprint density at radius 3 is 2.06 bits per heavy atom. The van der Waals surface area contributed by atoms with E-state index in [2.05, 4.69) is 0 Å². The van der Waals surface area contributed by atoms with Crippen LogP contribution in [-0.4, -0.2) is 0 Å². The maximum Gasteiger partial charge on any atom is 0.266 e. The van der Waals surface area contributed by atoms with Crippen molar-refractivity contribution in [3.63, 3.8) is 0 Å². The van der Waals surface area contributed by atoms with Gasteiger partial charge in [-0.2, -0.15) is 0 Å². The fraction of sp³-hybridized carbons (Fsp3) is 0.200. The van der Waals surface area contributed by atoms with E-state index in [1.807, 2.05) is 19.1 Å². The van der Waals surface area contributed by atoms with Crippen LogP contribution in [0.1, 0.15) is 23.1 Å². The zero-order valence-electron chi connectivity index (χ0n) is 10.2. The highest BCUT2D eigenvalue weighted by Gasteiger charge is 2.19. The molecule has 0 aromatic heterocycles. The quantitative estimate of drug-likeness (QED) is 0.699. The lowest BCUT2D eigenvalue weighted by Gasteiger charge is -2.11. The second-order valence-electron chi connectivity index (χ2n) is 4.32. The highest BCUT2D eigenvalue weighted by Crippen LogP contribution is 2.32. The van der Waals surface area contributed by atoms with Crippen LogP contribution >= 0.6 is 0 Å². The van der Waals surface area contributed by atoms with E-state index in [0.717, 1.165) is 5.56 Å². The fourth-order valence-electron chi connectivity index (χ4n) is 1.91. The highest BCUT2D eigenvalue weighted by atomic mass is 19.3. The van der Waals surface area contributed by atoms with Crippen LogP contribution in [0.15, 0.2) is 36.4 Å². The number of halogens is 3. The van der Waals surface area contributed by atoms with Gasteiger partial charge in [0.25, 0.3) is 6.43 Å². The summed E-state index contributed by atoms with van der Waals surface area (Å²) < 4.78 is 39.7. The van der Waals surface area contributed by atoms with E-state index in [1.54, 1.807) is 18.2 Å². The zero-order chi connectivity index (χ0) is 13.3. The first-order chi connectivity index (χ1) is 8.50. The lowest BCUT2D eigenvalue weighted by Crippen LogP contribution is -1.97. The van der Waals surface area contributed by atoms with E-state index in [-0.39, 0.29) is 11.1 Å². The Balaban J connectivity index is 2.59. The molecule has 0 heterocycles. The second-order valence-corrected chi connectivity index (χ2v) is 4.32. The molecular formula is C15H13F3. The molecule has 0 spiro atoms. The lowest BCUT2D eigenvalue weighted by atomic mass is 9.98. The van der Waals surface area contributed by atoms with Crippen LogP contribution in [0.25, 0.3) is 11.1 Å². The van der Waals surface area contributed by atoms with E-state index in [4.69, 9.17) is 0 Å². The molecule has 0 unspecified atom stereocenters. The van der Waals surface area contributed by atoms with Gasteiger partial charge in [0.2, 0.25) is 0 Å². The number of alkyl halides is 2. The molecule has 2 aromatic carbocycles. The molecule has 0 saturated heterocycles. The van der Waals surface area contributed by atoms with Crippen LogP contribution < -0.4 is 0 Å². The maximum atomic E-state index is 14.1. The van der Waals surface area contributed by atoms with Gasteiger partial charge in [-0.1, -0.05) is 42.0 Å².